The summed E-state index contributed by atoms with van der Waals surface area (Å²) >= 11 is 0. The number of nitriles is 1. The number of aromatic nitrogens is 1. The van der Waals surface area contributed by atoms with Crippen LogP contribution in [0.4, 0.5) is 0 Å². The third-order valence-electron chi connectivity index (χ3n) is 3.38. The molecule has 0 unspecified atom stereocenters. The molecule has 0 radical (unpaired) electrons. The van der Waals surface area contributed by atoms with Crippen molar-refractivity contribution in [3.63, 3.8) is 0 Å². The zero-order valence-electron chi connectivity index (χ0n) is 11.3. The second kappa shape index (κ2) is 5.97. The predicted molar refractivity (Wildman–Crippen MR) is 71.8 cm³/mol. The van der Waals surface area contributed by atoms with Gasteiger partial charge in [0.1, 0.15) is 11.8 Å². The Morgan fingerprint density at radius 1 is 1.50 bits per heavy atom. The summed E-state index contributed by atoms with van der Waals surface area (Å²) in [6, 6.07) is 6.80. The van der Waals surface area contributed by atoms with Crippen molar-refractivity contribution in [3.05, 3.63) is 29.6 Å². The van der Waals surface area contributed by atoms with Crippen LogP contribution < -0.4 is 0 Å². The third kappa shape index (κ3) is 3.82. The average Bonchev–Trinajstić information content (AvgIpc) is 3.18. The quantitative estimate of drug-likeness (QED) is 0.771. The van der Waals surface area contributed by atoms with Gasteiger partial charge >= 0.3 is 0 Å². The Morgan fingerprint density at radius 2 is 2.28 bits per heavy atom. The monoisotopic (exact) mass is 243 g/mol. The number of rotatable bonds is 6. The van der Waals surface area contributed by atoms with E-state index < -0.39 is 0 Å². The number of pyridine rings is 1. The molecule has 1 aliphatic carbocycles. The van der Waals surface area contributed by atoms with Crippen LogP contribution in [0.1, 0.15) is 44.4 Å². The molecule has 1 aromatic rings. The smallest absolute Gasteiger partial charge is 0.140 e. The highest BCUT2D eigenvalue weighted by Gasteiger charge is 2.28. The molecule has 0 saturated heterocycles. The van der Waals surface area contributed by atoms with E-state index in [9.17, 15) is 0 Å². The molecular formula is C15H21N3. The Bertz CT molecular complexity index is 430. The molecule has 1 aliphatic rings. The first-order valence-electron chi connectivity index (χ1n) is 6.78. The van der Waals surface area contributed by atoms with Crippen LogP contribution in [-0.2, 0) is 6.54 Å². The van der Waals surface area contributed by atoms with Crippen molar-refractivity contribution in [2.45, 2.75) is 45.7 Å². The molecule has 3 nitrogen and oxygen atoms in total. The maximum atomic E-state index is 8.87. The van der Waals surface area contributed by atoms with E-state index in [-0.39, 0.29) is 0 Å². The summed E-state index contributed by atoms with van der Waals surface area (Å²) in [6.07, 6.45) is 5.64. The van der Waals surface area contributed by atoms with Crippen molar-refractivity contribution in [2.75, 3.05) is 6.54 Å². The van der Waals surface area contributed by atoms with Gasteiger partial charge in [0.15, 0.2) is 0 Å². The van der Waals surface area contributed by atoms with E-state index in [4.69, 9.17) is 5.26 Å². The van der Waals surface area contributed by atoms with Crippen molar-refractivity contribution in [2.24, 2.45) is 5.92 Å². The minimum Gasteiger partial charge on any atom is -0.296 e. The summed E-state index contributed by atoms with van der Waals surface area (Å²) in [5.74, 6) is 0.748. The van der Waals surface area contributed by atoms with Gasteiger partial charge in [-0.3, -0.25) is 4.90 Å². The molecule has 0 bridgehead atoms. The van der Waals surface area contributed by atoms with Gasteiger partial charge in [-0.2, -0.15) is 5.26 Å². The fraction of sp³-hybridized carbons (Fsp3) is 0.600. The summed E-state index contributed by atoms with van der Waals surface area (Å²) in [5, 5.41) is 8.87. The number of nitrogens with zero attached hydrogens (tertiary/aromatic N) is 3. The Hall–Kier alpha value is -1.40. The van der Waals surface area contributed by atoms with Gasteiger partial charge in [0.25, 0.3) is 0 Å². The molecule has 1 saturated carbocycles. The summed E-state index contributed by atoms with van der Waals surface area (Å²) in [4.78, 5) is 6.57. The molecule has 1 fully saturated rings. The molecule has 0 atom stereocenters. The third-order valence-corrected chi connectivity index (χ3v) is 3.38. The normalized spacial score (nSPS) is 15.1. The highest BCUT2D eigenvalue weighted by molar-refractivity contribution is 5.25. The van der Waals surface area contributed by atoms with Crippen LogP contribution >= 0.6 is 0 Å². The van der Waals surface area contributed by atoms with E-state index in [0.717, 1.165) is 25.0 Å². The molecule has 0 spiro atoms. The summed E-state index contributed by atoms with van der Waals surface area (Å²) in [6.45, 7) is 6.65. The average molecular weight is 243 g/mol. The molecule has 3 heteroatoms. The Morgan fingerprint density at radius 3 is 2.89 bits per heavy atom. The van der Waals surface area contributed by atoms with E-state index >= 15 is 0 Å². The molecule has 1 aromatic heterocycles. The van der Waals surface area contributed by atoms with Gasteiger partial charge < -0.3 is 0 Å². The highest BCUT2D eigenvalue weighted by atomic mass is 15.2. The first-order chi connectivity index (χ1) is 8.69. The molecule has 0 amide bonds. The van der Waals surface area contributed by atoms with Crippen LogP contribution in [0.5, 0.6) is 0 Å². The van der Waals surface area contributed by atoms with Crippen LogP contribution in [0, 0.1) is 17.2 Å². The van der Waals surface area contributed by atoms with E-state index in [1.165, 1.54) is 24.8 Å². The van der Waals surface area contributed by atoms with Crippen molar-refractivity contribution in [3.8, 4) is 6.07 Å². The van der Waals surface area contributed by atoms with Crippen molar-refractivity contribution in [1.82, 2.24) is 9.88 Å². The van der Waals surface area contributed by atoms with Crippen LogP contribution in [0.15, 0.2) is 18.3 Å². The Labute approximate surface area is 109 Å². The molecule has 96 valence electrons. The molecule has 1 heterocycles. The second-order valence-electron chi connectivity index (χ2n) is 5.55. The lowest BCUT2D eigenvalue weighted by atomic mass is 10.1. The maximum Gasteiger partial charge on any atom is 0.140 e. The lowest BCUT2D eigenvalue weighted by Crippen LogP contribution is -2.27. The van der Waals surface area contributed by atoms with Crippen molar-refractivity contribution >= 4 is 0 Å². The second-order valence-corrected chi connectivity index (χ2v) is 5.55. The topological polar surface area (TPSA) is 39.9 Å². The minimum absolute atomic E-state index is 0.520. The lowest BCUT2D eigenvalue weighted by Gasteiger charge is -2.23. The van der Waals surface area contributed by atoms with Crippen LogP contribution in [0.2, 0.25) is 0 Å². The van der Waals surface area contributed by atoms with E-state index in [0.29, 0.717) is 5.69 Å². The van der Waals surface area contributed by atoms with Gasteiger partial charge in [0.2, 0.25) is 0 Å². The van der Waals surface area contributed by atoms with E-state index in [2.05, 4.69) is 29.8 Å². The fourth-order valence-electron chi connectivity index (χ4n) is 2.12. The van der Waals surface area contributed by atoms with Gasteiger partial charge in [0.05, 0.1) is 0 Å². The lowest BCUT2D eigenvalue weighted by molar-refractivity contribution is 0.239. The molecule has 0 N–H and O–H groups in total. The summed E-state index contributed by atoms with van der Waals surface area (Å²) in [5.41, 5.74) is 1.73. The zero-order chi connectivity index (χ0) is 13.0. The van der Waals surface area contributed by atoms with Gasteiger partial charge in [-0.05, 0) is 49.4 Å². The minimum atomic E-state index is 0.520. The summed E-state index contributed by atoms with van der Waals surface area (Å²) < 4.78 is 0. The number of hydrogen-bond donors (Lipinski definition) is 0. The fourth-order valence-corrected chi connectivity index (χ4v) is 2.12. The van der Waals surface area contributed by atoms with Gasteiger partial charge in [-0.1, -0.05) is 13.8 Å². The zero-order valence-corrected chi connectivity index (χ0v) is 11.3. The molecule has 0 aromatic carbocycles. The maximum absolute atomic E-state index is 8.87. The first kappa shape index (κ1) is 13.0. The van der Waals surface area contributed by atoms with Crippen molar-refractivity contribution in [1.29, 1.82) is 5.26 Å². The first-order valence-corrected chi connectivity index (χ1v) is 6.78. The SMILES string of the molecule is CC(C)CCN(Cc1ccnc(C#N)c1)C1CC1. The van der Waals surface area contributed by atoms with Crippen LogP contribution in [0.25, 0.3) is 0 Å². The number of hydrogen-bond acceptors (Lipinski definition) is 3. The van der Waals surface area contributed by atoms with Gasteiger partial charge in [-0.15, -0.1) is 0 Å². The molecule has 0 aliphatic heterocycles. The Balaban J connectivity index is 1.97. The van der Waals surface area contributed by atoms with Gasteiger partial charge in [-0.25, -0.2) is 4.98 Å². The largest absolute Gasteiger partial charge is 0.296 e. The predicted octanol–water partition coefficient (Wildman–Crippen LogP) is 2.96. The van der Waals surface area contributed by atoms with E-state index in [1.807, 2.05) is 12.1 Å². The van der Waals surface area contributed by atoms with Crippen LogP contribution in [0.3, 0.4) is 0 Å². The van der Waals surface area contributed by atoms with E-state index in [1.54, 1.807) is 6.20 Å². The van der Waals surface area contributed by atoms with Gasteiger partial charge in [0, 0.05) is 18.8 Å². The standard InChI is InChI=1S/C15H21N3/c1-12(2)6-8-18(15-3-4-15)11-13-5-7-17-14(9-13)10-16/h5,7,9,12,15H,3-4,6,8,11H2,1-2H3. The molecule has 2 rings (SSSR count). The highest BCUT2D eigenvalue weighted by Crippen LogP contribution is 2.28. The molecular weight excluding hydrogens is 222 g/mol. The Kier molecular flexibility index (Phi) is 4.33. The molecule has 18 heavy (non-hydrogen) atoms. The van der Waals surface area contributed by atoms with Crippen LogP contribution in [-0.4, -0.2) is 22.5 Å². The van der Waals surface area contributed by atoms with Crippen molar-refractivity contribution < 1.29 is 0 Å². The summed E-state index contributed by atoms with van der Waals surface area (Å²) in [7, 11) is 0.